The maximum Gasteiger partial charge on any atom is 0.120 e. The molecule has 0 unspecified atom stereocenters. The molecule has 0 aliphatic heterocycles. The Morgan fingerprint density at radius 1 is 1.23 bits per heavy atom. The molecule has 1 aromatic rings. The summed E-state index contributed by atoms with van der Waals surface area (Å²) in [7, 11) is 0. The van der Waals surface area contributed by atoms with Crippen LogP contribution in [0.5, 0.6) is 0 Å². The number of halogens is 1. The average molecular weight is 197 g/mol. The van der Waals surface area contributed by atoms with E-state index in [2.05, 4.69) is 24.3 Å². The Morgan fingerprint density at radius 3 is 2.46 bits per heavy atom. The summed E-state index contributed by atoms with van der Waals surface area (Å²) in [5.41, 5.74) is 1.68. The van der Waals surface area contributed by atoms with Gasteiger partial charge in [0.2, 0.25) is 0 Å². The highest BCUT2D eigenvalue weighted by Gasteiger charge is 2.44. The molecule has 1 fully saturated rings. The van der Waals surface area contributed by atoms with E-state index in [9.17, 15) is 0 Å². The van der Waals surface area contributed by atoms with Crippen LogP contribution in [0.25, 0.3) is 0 Å². The van der Waals surface area contributed by atoms with Crippen molar-refractivity contribution in [3.8, 4) is 0 Å². The third kappa shape index (κ3) is 1.87. The van der Waals surface area contributed by atoms with Gasteiger partial charge in [-0.05, 0) is 18.4 Å². The summed E-state index contributed by atoms with van der Waals surface area (Å²) in [5.74, 6) is 0. The lowest BCUT2D eigenvalue weighted by atomic mass is 9.97. The van der Waals surface area contributed by atoms with E-state index in [0.29, 0.717) is 6.07 Å². The summed E-state index contributed by atoms with van der Waals surface area (Å²) >= 11 is 5.50. The molecule has 1 aliphatic rings. The molecule has 13 heavy (non-hydrogen) atoms. The molecule has 1 saturated carbocycles. The maximum atomic E-state index is 5.50. The molecule has 0 heterocycles. The van der Waals surface area contributed by atoms with Gasteiger partial charge in [-0.2, -0.15) is 0 Å². The zero-order chi connectivity index (χ0) is 9.15. The van der Waals surface area contributed by atoms with E-state index in [4.69, 9.17) is 16.3 Å². The molecule has 70 valence electrons. The molecule has 0 radical (unpaired) electrons. The quantitative estimate of drug-likeness (QED) is 0.673. The van der Waals surface area contributed by atoms with Crippen LogP contribution in [0.1, 0.15) is 18.4 Å². The Balaban J connectivity index is 2.07. The number of alkyl halides is 1. The van der Waals surface area contributed by atoms with Crippen LogP contribution < -0.4 is 0 Å². The van der Waals surface area contributed by atoms with E-state index >= 15 is 0 Å². The van der Waals surface area contributed by atoms with Crippen molar-refractivity contribution in [2.75, 3.05) is 12.7 Å². The normalized spacial score (nSPS) is 18.5. The second kappa shape index (κ2) is 3.69. The lowest BCUT2D eigenvalue weighted by Crippen LogP contribution is -2.14. The lowest BCUT2D eigenvalue weighted by molar-refractivity contribution is 0.154. The molecule has 1 aromatic carbocycles. The van der Waals surface area contributed by atoms with Crippen molar-refractivity contribution >= 4 is 11.6 Å². The fraction of sp³-hybridized carbons (Fsp3) is 0.455. The van der Waals surface area contributed by atoms with Gasteiger partial charge < -0.3 is 4.74 Å². The van der Waals surface area contributed by atoms with Gasteiger partial charge in [-0.3, -0.25) is 0 Å². The Morgan fingerprint density at radius 2 is 1.92 bits per heavy atom. The lowest BCUT2D eigenvalue weighted by Gasteiger charge is -2.14. The van der Waals surface area contributed by atoms with E-state index in [0.717, 1.165) is 6.61 Å². The monoisotopic (exact) mass is 196 g/mol. The molecule has 0 saturated heterocycles. The van der Waals surface area contributed by atoms with Crippen molar-refractivity contribution in [3.63, 3.8) is 0 Å². The molecule has 0 bridgehead atoms. The van der Waals surface area contributed by atoms with Gasteiger partial charge in [0.25, 0.3) is 0 Å². The molecule has 1 aliphatic carbocycles. The van der Waals surface area contributed by atoms with Crippen LogP contribution in [-0.2, 0) is 10.2 Å². The highest BCUT2D eigenvalue weighted by Crippen LogP contribution is 2.48. The van der Waals surface area contributed by atoms with Gasteiger partial charge in [0.1, 0.15) is 6.07 Å². The second-order valence-corrected chi connectivity index (χ2v) is 3.82. The number of rotatable bonds is 4. The van der Waals surface area contributed by atoms with Gasteiger partial charge in [-0.15, -0.1) is 0 Å². The molecule has 0 N–H and O–H groups in total. The zero-order valence-electron chi connectivity index (χ0n) is 7.50. The van der Waals surface area contributed by atoms with Gasteiger partial charge in [0.05, 0.1) is 6.61 Å². The van der Waals surface area contributed by atoms with Gasteiger partial charge in [0, 0.05) is 5.41 Å². The third-order valence-corrected chi connectivity index (χ3v) is 2.85. The molecule has 0 atom stereocenters. The minimum Gasteiger partial charge on any atom is -0.365 e. The molecule has 2 heteroatoms. The minimum absolute atomic E-state index is 0.288. The Bertz CT molecular complexity index is 267. The Hall–Kier alpha value is -0.530. The Labute approximate surface area is 83.7 Å². The van der Waals surface area contributed by atoms with E-state index in [1.54, 1.807) is 0 Å². The first kappa shape index (κ1) is 9.04. The van der Waals surface area contributed by atoms with E-state index in [1.165, 1.54) is 18.4 Å². The standard InChI is InChI=1S/C11H13ClO/c12-9-13-8-11(6-7-11)10-4-2-1-3-5-10/h1-5H,6-9H2. The van der Waals surface area contributed by atoms with Crippen molar-refractivity contribution in [1.82, 2.24) is 0 Å². The van der Waals surface area contributed by atoms with Gasteiger partial charge in [0.15, 0.2) is 0 Å². The van der Waals surface area contributed by atoms with E-state index < -0.39 is 0 Å². The molecule has 2 rings (SSSR count). The van der Waals surface area contributed by atoms with E-state index in [1.807, 2.05) is 6.07 Å². The van der Waals surface area contributed by atoms with Crippen molar-refractivity contribution in [2.45, 2.75) is 18.3 Å². The zero-order valence-corrected chi connectivity index (χ0v) is 8.26. The first-order valence-corrected chi connectivity index (χ1v) is 5.10. The average Bonchev–Trinajstić information content (AvgIpc) is 2.97. The smallest absolute Gasteiger partial charge is 0.120 e. The van der Waals surface area contributed by atoms with Gasteiger partial charge in [-0.25, -0.2) is 0 Å². The number of benzene rings is 1. The topological polar surface area (TPSA) is 9.23 Å². The summed E-state index contributed by atoms with van der Waals surface area (Å²) in [5, 5.41) is 0. The summed E-state index contributed by atoms with van der Waals surface area (Å²) < 4.78 is 5.28. The predicted molar refractivity (Wildman–Crippen MR) is 54.0 cm³/mol. The summed E-state index contributed by atoms with van der Waals surface area (Å²) in [6.45, 7) is 0.764. The number of hydrogen-bond acceptors (Lipinski definition) is 1. The summed E-state index contributed by atoms with van der Waals surface area (Å²) in [6, 6.07) is 10.8. The summed E-state index contributed by atoms with van der Waals surface area (Å²) in [4.78, 5) is 0. The molecule has 0 amide bonds. The molecular weight excluding hydrogens is 184 g/mol. The first-order chi connectivity index (χ1) is 6.37. The van der Waals surface area contributed by atoms with Crippen LogP contribution in [0.3, 0.4) is 0 Å². The fourth-order valence-corrected chi connectivity index (χ4v) is 1.77. The molecule has 0 spiro atoms. The largest absolute Gasteiger partial charge is 0.365 e. The summed E-state index contributed by atoms with van der Waals surface area (Å²) in [6.07, 6.45) is 2.46. The molecule has 0 aromatic heterocycles. The SMILES string of the molecule is ClCOCC1(c2ccccc2)CC1. The molecular formula is C11H13ClO. The minimum atomic E-state index is 0.288. The van der Waals surface area contributed by atoms with Crippen LogP contribution in [0.4, 0.5) is 0 Å². The van der Waals surface area contributed by atoms with Crippen LogP contribution in [0.2, 0.25) is 0 Å². The highest BCUT2D eigenvalue weighted by atomic mass is 35.5. The number of hydrogen-bond donors (Lipinski definition) is 0. The maximum absolute atomic E-state index is 5.50. The Kier molecular flexibility index (Phi) is 2.56. The van der Waals surface area contributed by atoms with Crippen molar-refractivity contribution in [1.29, 1.82) is 0 Å². The predicted octanol–water partition coefficient (Wildman–Crippen LogP) is 2.93. The highest BCUT2D eigenvalue weighted by molar-refractivity contribution is 6.17. The van der Waals surface area contributed by atoms with Crippen molar-refractivity contribution in [2.24, 2.45) is 0 Å². The van der Waals surface area contributed by atoms with E-state index in [-0.39, 0.29) is 5.41 Å². The van der Waals surface area contributed by atoms with Crippen LogP contribution in [0, 0.1) is 0 Å². The first-order valence-electron chi connectivity index (χ1n) is 4.57. The van der Waals surface area contributed by atoms with Crippen LogP contribution in [-0.4, -0.2) is 12.7 Å². The number of ether oxygens (including phenoxy) is 1. The van der Waals surface area contributed by atoms with Crippen molar-refractivity contribution < 1.29 is 4.74 Å². The molecule has 1 nitrogen and oxygen atoms in total. The third-order valence-electron chi connectivity index (χ3n) is 2.70. The van der Waals surface area contributed by atoms with Crippen molar-refractivity contribution in [3.05, 3.63) is 35.9 Å². The van der Waals surface area contributed by atoms with Gasteiger partial charge in [-0.1, -0.05) is 41.9 Å². The second-order valence-electron chi connectivity index (χ2n) is 3.60. The fourth-order valence-electron chi connectivity index (χ4n) is 1.69. The van der Waals surface area contributed by atoms with Gasteiger partial charge >= 0.3 is 0 Å². The van der Waals surface area contributed by atoms with Crippen LogP contribution >= 0.6 is 11.6 Å². The van der Waals surface area contributed by atoms with Crippen LogP contribution in [0.15, 0.2) is 30.3 Å².